The van der Waals surface area contributed by atoms with Gasteiger partial charge in [0, 0.05) is 30.1 Å². The Morgan fingerprint density at radius 2 is 2.21 bits per heavy atom. The van der Waals surface area contributed by atoms with Crippen LogP contribution in [0, 0.1) is 6.92 Å². The smallest absolute Gasteiger partial charge is 0.297 e. The lowest BCUT2D eigenvalue weighted by molar-refractivity contribution is 0.225. The summed E-state index contributed by atoms with van der Waals surface area (Å²) in [5, 5.41) is 14.2. The Balaban J connectivity index is 1.46. The highest BCUT2D eigenvalue weighted by atomic mass is 16.5. The fourth-order valence-corrected chi connectivity index (χ4v) is 4.38. The molecule has 7 nitrogen and oxygen atoms in total. The zero-order valence-electron chi connectivity index (χ0n) is 16.9. The van der Waals surface area contributed by atoms with Crippen LogP contribution in [-0.2, 0) is 6.42 Å². The molecule has 2 aromatic heterocycles. The van der Waals surface area contributed by atoms with Gasteiger partial charge in [-0.25, -0.2) is 4.98 Å². The summed E-state index contributed by atoms with van der Waals surface area (Å²) in [6.45, 7) is 7.98. The summed E-state index contributed by atoms with van der Waals surface area (Å²) in [5.41, 5.74) is 4.41. The van der Waals surface area contributed by atoms with Gasteiger partial charge in [0.15, 0.2) is 5.58 Å². The van der Waals surface area contributed by atoms with Crippen molar-refractivity contribution in [2.24, 2.45) is 0 Å². The third-order valence-electron chi connectivity index (χ3n) is 5.96. The van der Waals surface area contributed by atoms with Gasteiger partial charge in [-0.1, -0.05) is 6.92 Å². The van der Waals surface area contributed by atoms with E-state index in [1.54, 1.807) is 0 Å². The van der Waals surface area contributed by atoms with E-state index in [-0.39, 0.29) is 5.75 Å². The standard InChI is InChI=1S/C22H26N4O3/c1-3-26-9-4-5-14(12-26)23-22-25-21-18(29-22)11-13(2)19(24-21)16-6-7-17-15(20(16)27)8-10-28-17/h6-7,11,14,27H,3-5,8-10,12H2,1-2H3,(H,23,24,25)/t14-/m1/s1. The van der Waals surface area contributed by atoms with Crippen molar-refractivity contribution in [3.63, 3.8) is 0 Å². The van der Waals surface area contributed by atoms with Crippen LogP contribution < -0.4 is 10.1 Å². The molecule has 152 valence electrons. The van der Waals surface area contributed by atoms with E-state index in [1.807, 2.05) is 25.1 Å². The molecule has 29 heavy (non-hydrogen) atoms. The number of pyridine rings is 1. The molecule has 1 saturated heterocycles. The van der Waals surface area contributed by atoms with Gasteiger partial charge in [0.25, 0.3) is 6.01 Å². The van der Waals surface area contributed by atoms with E-state index < -0.39 is 0 Å². The molecular formula is C22H26N4O3. The van der Waals surface area contributed by atoms with E-state index in [0.29, 0.717) is 41.9 Å². The minimum atomic E-state index is 0.249. The number of fused-ring (bicyclic) bond motifs is 2. The third-order valence-corrected chi connectivity index (χ3v) is 5.96. The van der Waals surface area contributed by atoms with E-state index in [4.69, 9.17) is 14.1 Å². The number of nitrogens with zero attached hydrogens (tertiary/aromatic N) is 3. The lowest BCUT2D eigenvalue weighted by Crippen LogP contribution is -2.41. The van der Waals surface area contributed by atoms with Crippen molar-refractivity contribution in [3.8, 4) is 22.8 Å². The summed E-state index contributed by atoms with van der Waals surface area (Å²) in [5.74, 6) is 1.00. The Bertz CT molecular complexity index is 1060. The van der Waals surface area contributed by atoms with E-state index in [0.717, 1.165) is 48.6 Å². The number of hydrogen-bond donors (Lipinski definition) is 2. The van der Waals surface area contributed by atoms with Gasteiger partial charge in [0.05, 0.1) is 12.3 Å². The number of nitrogens with one attached hydrogen (secondary N) is 1. The molecule has 0 bridgehead atoms. The predicted molar refractivity (Wildman–Crippen MR) is 112 cm³/mol. The number of likely N-dealkylation sites (tertiary alicyclic amines) is 1. The lowest BCUT2D eigenvalue weighted by atomic mass is 10.0. The van der Waals surface area contributed by atoms with E-state index in [9.17, 15) is 5.11 Å². The highest BCUT2D eigenvalue weighted by Gasteiger charge is 2.23. The summed E-state index contributed by atoms with van der Waals surface area (Å²) < 4.78 is 11.5. The van der Waals surface area contributed by atoms with E-state index in [2.05, 4.69) is 22.1 Å². The topological polar surface area (TPSA) is 83.7 Å². The van der Waals surface area contributed by atoms with Crippen LogP contribution in [0.2, 0.25) is 0 Å². The van der Waals surface area contributed by atoms with Crippen LogP contribution in [0.25, 0.3) is 22.5 Å². The largest absolute Gasteiger partial charge is 0.507 e. The van der Waals surface area contributed by atoms with Gasteiger partial charge in [-0.05, 0) is 56.6 Å². The monoisotopic (exact) mass is 394 g/mol. The van der Waals surface area contributed by atoms with Crippen molar-refractivity contribution in [1.29, 1.82) is 0 Å². The molecule has 0 amide bonds. The summed E-state index contributed by atoms with van der Waals surface area (Å²) in [7, 11) is 0. The molecule has 2 aliphatic rings. The van der Waals surface area contributed by atoms with Crippen LogP contribution >= 0.6 is 0 Å². The van der Waals surface area contributed by atoms with Crippen molar-refractivity contribution >= 4 is 17.2 Å². The second-order valence-corrected chi connectivity index (χ2v) is 7.91. The van der Waals surface area contributed by atoms with Crippen LogP contribution in [0.15, 0.2) is 22.6 Å². The number of hydrogen-bond acceptors (Lipinski definition) is 7. The lowest BCUT2D eigenvalue weighted by Gasteiger charge is -2.31. The minimum Gasteiger partial charge on any atom is -0.507 e. The maximum atomic E-state index is 10.7. The van der Waals surface area contributed by atoms with Gasteiger partial charge < -0.3 is 24.5 Å². The molecule has 1 atom stereocenters. The molecule has 1 aromatic carbocycles. The molecule has 0 saturated carbocycles. The van der Waals surface area contributed by atoms with Gasteiger partial charge >= 0.3 is 0 Å². The number of rotatable bonds is 4. The molecule has 0 spiro atoms. The molecule has 4 heterocycles. The Labute approximate surface area is 169 Å². The average molecular weight is 394 g/mol. The number of benzene rings is 1. The summed E-state index contributed by atoms with van der Waals surface area (Å²) in [6.07, 6.45) is 3.00. The van der Waals surface area contributed by atoms with Gasteiger partial charge in [-0.2, -0.15) is 4.98 Å². The van der Waals surface area contributed by atoms with Crippen molar-refractivity contribution in [1.82, 2.24) is 14.9 Å². The van der Waals surface area contributed by atoms with Crippen LogP contribution in [0.4, 0.5) is 6.01 Å². The number of aromatic nitrogens is 2. The third kappa shape index (κ3) is 3.29. The first-order chi connectivity index (χ1) is 14.1. The zero-order chi connectivity index (χ0) is 20.0. The first-order valence-corrected chi connectivity index (χ1v) is 10.4. The number of ether oxygens (including phenoxy) is 1. The van der Waals surface area contributed by atoms with Crippen molar-refractivity contribution < 1.29 is 14.3 Å². The fraction of sp³-hybridized carbons (Fsp3) is 0.455. The normalized spacial score (nSPS) is 19.3. The van der Waals surface area contributed by atoms with Crippen LogP contribution in [0.1, 0.15) is 30.9 Å². The number of oxazole rings is 1. The minimum absolute atomic E-state index is 0.249. The highest BCUT2D eigenvalue weighted by Crippen LogP contribution is 2.41. The van der Waals surface area contributed by atoms with Crippen molar-refractivity contribution in [2.75, 3.05) is 31.6 Å². The Hall–Kier alpha value is -2.80. The molecular weight excluding hydrogens is 368 g/mol. The molecule has 0 radical (unpaired) electrons. The Kier molecular flexibility index (Phi) is 4.54. The van der Waals surface area contributed by atoms with Crippen LogP contribution in [0.5, 0.6) is 11.5 Å². The quantitative estimate of drug-likeness (QED) is 0.697. The SMILES string of the molecule is CCN1CCC[C@@H](Nc2nc3nc(-c4ccc5c(c4O)CCO5)c(C)cc3o2)C1. The van der Waals surface area contributed by atoms with E-state index in [1.165, 1.54) is 6.42 Å². The van der Waals surface area contributed by atoms with Crippen molar-refractivity contribution in [2.45, 2.75) is 39.2 Å². The first-order valence-electron chi connectivity index (χ1n) is 10.4. The molecule has 5 rings (SSSR count). The van der Waals surface area contributed by atoms with Gasteiger partial charge in [0.1, 0.15) is 11.5 Å². The number of aromatic hydroxyl groups is 1. The number of phenolic OH excluding ortho intramolecular Hbond substituents is 1. The number of piperidine rings is 1. The molecule has 1 fully saturated rings. The maximum Gasteiger partial charge on any atom is 0.297 e. The molecule has 2 aliphatic heterocycles. The number of anilines is 1. The predicted octanol–water partition coefficient (Wildman–Crippen LogP) is 3.73. The molecule has 0 aliphatic carbocycles. The van der Waals surface area contributed by atoms with Gasteiger partial charge in [-0.15, -0.1) is 0 Å². The Morgan fingerprint density at radius 1 is 1.31 bits per heavy atom. The van der Waals surface area contributed by atoms with Crippen LogP contribution in [0.3, 0.4) is 0 Å². The fourth-order valence-electron chi connectivity index (χ4n) is 4.38. The van der Waals surface area contributed by atoms with Crippen LogP contribution in [-0.4, -0.2) is 52.3 Å². The Morgan fingerprint density at radius 3 is 3.07 bits per heavy atom. The number of phenols is 1. The van der Waals surface area contributed by atoms with E-state index >= 15 is 0 Å². The number of aryl methyl sites for hydroxylation is 1. The average Bonchev–Trinajstić information content (AvgIpc) is 3.35. The van der Waals surface area contributed by atoms with Gasteiger partial charge in [0.2, 0.25) is 5.65 Å². The second-order valence-electron chi connectivity index (χ2n) is 7.91. The summed E-state index contributed by atoms with van der Waals surface area (Å²) in [4.78, 5) is 11.7. The molecule has 3 aromatic rings. The molecule has 0 unspecified atom stereocenters. The molecule has 2 N–H and O–H groups in total. The zero-order valence-corrected chi connectivity index (χ0v) is 16.9. The van der Waals surface area contributed by atoms with Crippen molar-refractivity contribution in [3.05, 3.63) is 29.3 Å². The molecule has 7 heteroatoms. The van der Waals surface area contributed by atoms with Gasteiger partial charge in [-0.3, -0.25) is 0 Å². The summed E-state index contributed by atoms with van der Waals surface area (Å²) in [6, 6.07) is 6.55. The first kappa shape index (κ1) is 18.2. The highest BCUT2D eigenvalue weighted by molar-refractivity contribution is 5.80. The second kappa shape index (κ2) is 7.22. The summed E-state index contributed by atoms with van der Waals surface area (Å²) >= 11 is 0. The number of likely N-dealkylation sites (N-methyl/N-ethyl adjacent to an activating group) is 1. The maximum absolute atomic E-state index is 10.7.